The number of anilines is 2. The number of quaternary nitrogens is 1. The Morgan fingerprint density at radius 3 is 2.36 bits per heavy atom. The molecule has 2 aromatic carbocycles. The summed E-state index contributed by atoms with van der Waals surface area (Å²) in [5.74, 6) is -3.10. The van der Waals surface area contributed by atoms with E-state index in [1.54, 1.807) is 54.6 Å². The Morgan fingerprint density at radius 2 is 1.76 bits per heavy atom. The van der Waals surface area contributed by atoms with E-state index >= 15 is 0 Å². The predicted molar refractivity (Wildman–Crippen MR) is 128 cm³/mol. The van der Waals surface area contributed by atoms with Crippen LogP contribution in [0.5, 0.6) is 0 Å². The molecule has 0 radical (unpaired) electrons. The van der Waals surface area contributed by atoms with Crippen LogP contribution >= 0.6 is 11.6 Å². The summed E-state index contributed by atoms with van der Waals surface area (Å²) in [6.07, 6.45) is 0. The van der Waals surface area contributed by atoms with Gasteiger partial charge in [0.1, 0.15) is 17.5 Å². The fraction of sp³-hybridized carbons (Fsp3) is 0.227. The minimum atomic E-state index is -1.28. The van der Waals surface area contributed by atoms with Gasteiger partial charge in [-0.25, -0.2) is 5.43 Å². The summed E-state index contributed by atoms with van der Waals surface area (Å²) in [6.45, 7) is 0.105. The van der Waals surface area contributed by atoms with Gasteiger partial charge in [-0.15, -0.1) is 0 Å². The van der Waals surface area contributed by atoms with Gasteiger partial charge in [0, 0.05) is 10.7 Å². The number of carbonyl (C=O) groups is 3. The van der Waals surface area contributed by atoms with Gasteiger partial charge in [0.15, 0.2) is 6.54 Å². The number of carbonyl (C=O) groups excluding carboxylic acids is 3. The van der Waals surface area contributed by atoms with Crippen LogP contribution in [0.3, 0.4) is 0 Å². The van der Waals surface area contributed by atoms with Gasteiger partial charge in [-0.2, -0.15) is 15.2 Å². The van der Waals surface area contributed by atoms with Crippen molar-refractivity contribution >= 4 is 52.2 Å². The number of para-hydroxylation sites is 1. The SMILES string of the molecule is C[N+](C)(C)CC(=O)N/N=C(\C(=O)Nc1ccc(Cl)cc1)C1C(=O)N(c2ccccc2)N=C1N. The second kappa shape index (κ2) is 9.80. The van der Waals surface area contributed by atoms with Crippen LogP contribution in [0.1, 0.15) is 0 Å². The summed E-state index contributed by atoms with van der Waals surface area (Å²) in [4.78, 5) is 38.6. The molecule has 0 aromatic heterocycles. The van der Waals surface area contributed by atoms with E-state index in [9.17, 15) is 14.4 Å². The van der Waals surface area contributed by atoms with Crippen molar-refractivity contribution in [3.8, 4) is 0 Å². The van der Waals surface area contributed by atoms with E-state index in [1.165, 1.54) is 0 Å². The molecule has 172 valence electrons. The van der Waals surface area contributed by atoms with Crippen molar-refractivity contribution in [1.29, 1.82) is 0 Å². The molecule has 1 heterocycles. The number of likely N-dealkylation sites (N-methyl/N-ethyl adjacent to an activating group) is 1. The summed E-state index contributed by atoms with van der Waals surface area (Å²) >= 11 is 5.90. The van der Waals surface area contributed by atoms with Crippen LogP contribution in [0.25, 0.3) is 0 Å². The second-order valence-corrected chi connectivity index (χ2v) is 8.82. The van der Waals surface area contributed by atoms with Crippen molar-refractivity contribution in [3.63, 3.8) is 0 Å². The topological polar surface area (TPSA) is 129 Å². The number of hydrazone groups is 2. The molecule has 2 aromatic rings. The number of hydrogen-bond acceptors (Lipinski definition) is 6. The molecule has 0 saturated carbocycles. The van der Waals surface area contributed by atoms with Crippen LogP contribution in [0.2, 0.25) is 5.02 Å². The zero-order valence-electron chi connectivity index (χ0n) is 18.4. The lowest BCUT2D eigenvalue weighted by molar-refractivity contribution is -0.862. The summed E-state index contributed by atoms with van der Waals surface area (Å²) in [5, 5.41) is 12.4. The van der Waals surface area contributed by atoms with E-state index < -0.39 is 23.6 Å². The minimum Gasteiger partial charge on any atom is -0.385 e. The molecule has 0 spiro atoms. The normalized spacial score (nSPS) is 16.4. The summed E-state index contributed by atoms with van der Waals surface area (Å²) in [6, 6.07) is 15.0. The second-order valence-electron chi connectivity index (χ2n) is 8.38. The highest BCUT2D eigenvalue weighted by Crippen LogP contribution is 2.24. The molecule has 1 atom stereocenters. The van der Waals surface area contributed by atoms with Crippen LogP contribution < -0.4 is 21.5 Å². The Bertz CT molecular complexity index is 1110. The summed E-state index contributed by atoms with van der Waals surface area (Å²) in [5.41, 5.74) is 9.03. The minimum absolute atomic E-state index is 0.105. The van der Waals surface area contributed by atoms with Gasteiger partial charge in [-0.1, -0.05) is 29.8 Å². The largest absolute Gasteiger partial charge is 0.385 e. The van der Waals surface area contributed by atoms with Crippen molar-refractivity contribution in [3.05, 3.63) is 59.6 Å². The Balaban J connectivity index is 1.90. The van der Waals surface area contributed by atoms with Crippen molar-refractivity contribution in [2.45, 2.75) is 0 Å². The van der Waals surface area contributed by atoms with Gasteiger partial charge in [0.05, 0.1) is 26.8 Å². The molecule has 3 amide bonds. The lowest BCUT2D eigenvalue weighted by atomic mass is 10.0. The number of amides is 3. The average molecular weight is 471 g/mol. The fourth-order valence-corrected chi connectivity index (χ4v) is 3.17. The molecule has 0 saturated heterocycles. The van der Waals surface area contributed by atoms with Gasteiger partial charge in [-0.3, -0.25) is 14.4 Å². The van der Waals surface area contributed by atoms with Crippen molar-refractivity contribution in [2.24, 2.45) is 21.9 Å². The number of amidine groups is 1. The van der Waals surface area contributed by atoms with Crippen LogP contribution in [0.4, 0.5) is 11.4 Å². The highest BCUT2D eigenvalue weighted by atomic mass is 35.5. The first-order valence-electron chi connectivity index (χ1n) is 10.0. The molecule has 0 fully saturated rings. The fourth-order valence-electron chi connectivity index (χ4n) is 3.05. The van der Waals surface area contributed by atoms with Crippen LogP contribution in [0.15, 0.2) is 64.8 Å². The molecule has 10 nitrogen and oxygen atoms in total. The molecule has 1 aliphatic rings. The van der Waals surface area contributed by atoms with E-state index in [-0.39, 0.29) is 18.1 Å². The molecular weight excluding hydrogens is 446 g/mol. The van der Waals surface area contributed by atoms with Crippen molar-refractivity contribution in [1.82, 2.24) is 5.43 Å². The Morgan fingerprint density at radius 1 is 1.12 bits per heavy atom. The van der Waals surface area contributed by atoms with Crippen LogP contribution in [-0.4, -0.2) is 61.4 Å². The lowest BCUT2D eigenvalue weighted by Gasteiger charge is -2.22. The number of hydrogen-bond donors (Lipinski definition) is 3. The van der Waals surface area contributed by atoms with Gasteiger partial charge >= 0.3 is 0 Å². The average Bonchev–Trinajstić information content (AvgIpc) is 3.04. The maximum Gasteiger partial charge on any atom is 0.295 e. The number of benzene rings is 2. The van der Waals surface area contributed by atoms with E-state index in [0.717, 1.165) is 5.01 Å². The van der Waals surface area contributed by atoms with Crippen molar-refractivity contribution < 1.29 is 18.9 Å². The molecule has 33 heavy (non-hydrogen) atoms. The van der Waals surface area contributed by atoms with Crippen LogP contribution in [0, 0.1) is 5.92 Å². The summed E-state index contributed by atoms with van der Waals surface area (Å²) in [7, 11) is 5.50. The molecule has 0 aliphatic carbocycles. The Labute approximate surface area is 196 Å². The number of halogens is 1. The number of nitrogens with zero attached hydrogens (tertiary/aromatic N) is 4. The Hall–Kier alpha value is -3.76. The molecule has 0 bridgehead atoms. The highest BCUT2D eigenvalue weighted by Gasteiger charge is 2.42. The van der Waals surface area contributed by atoms with Gasteiger partial charge in [0.2, 0.25) is 0 Å². The number of nitrogens with two attached hydrogens (primary N) is 1. The lowest BCUT2D eigenvalue weighted by Crippen LogP contribution is -2.45. The number of rotatable bonds is 7. The van der Waals surface area contributed by atoms with E-state index in [1.807, 2.05) is 21.1 Å². The molecule has 11 heteroatoms. The third-order valence-corrected chi connectivity index (χ3v) is 4.75. The Kier molecular flexibility index (Phi) is 7.10. The zero-order chi connectivity index (χ0) is 24.2. The molecule has 1 unspecified atom stereocenters. The zero-order valence-corrected chi connectivity index (χ0v) is 19.2. The van der Waals surface area contributed by atoms with E-state index in [4.69, 9.17) is 17.3 Å². The van der Waals surface area contributed by atoms with Crippen molar-refractivity contribution in [2.75, 3.05) is 38.0 Å². The third-order valence-electron chi connectivity index (χ3n) is 4.49. The quantitative estimate of drug-likeness (QED) is 0.321. The van der Waals surface area contributed by atoms with Gasteiger partial charge < -0.3 is 15.5 Å². The monoisotopic (exact) mass is 470 g/mol. The summed E-state index contributed by atoms with van der Waals surface area (Å²) < 4.78 is 0.349. The first-order valence-corrected chi connectivity index (χ1v) is 10.4. The predicted octanol–water partition coefficient (Wildman–Crippen LogP) is 1.39. The van der Waals surface area contributed by atoms with Crippen LogP contribution in [-0.2, 0) is 14.4 Å². The molecule has 1 aliphatic heterocycles. The third kappa shape index (κ3) is 6.15. The van der Waals surface area contributed by atoms with Gasteiger partial charge in [0.25, 0.3) is 17.7 Å². The maximum absolute atomic E-state index is 13.2. The molecule has 4 N–H and O–H groups in total. The first kappa shape index (κ1) is 23.9. The number of nitrogens with one attached hydrogen (secondary N) is 2. The molecule has 3 rings (SSSR count). The first-order chi connectivity index (χ1) is 15.5. The van der Waals surface area contributed by atoms with E-state index in [2.05, 4.69) is 20.9 Å². The maximum atomic E-state index is 13.2. The highest BCUT2D eigenvalue weighted by molar-refractivity contribution is 6.52. The molecular formula is C22H25ClN7O3+. The van der Waals surface area contributed by atoms with E-state index in [0.29, 0.717) is 20.9 Å². The van der Waals surface area contributed by atoms with Gasteiger partial charge in [-0.05, 0) is 36.4 Å². The smallest absolute Gasteiger partial charge is 0.295 e. The standard InChI is InChI=1S/C22H24ClN7O3/c1-30(2,3)13-17(31)26-27-19(21(32)25-15-11-9-14(23)10-12-15)18-20(24)28-29(22(18)33)16-7-5-4-6-8-16/h4-12,18H,13H2,1-3H3,(H3-,24,25,26,28,31,32)/p+1.